The number of ether oxygens (including phenoxy) is 1. The Morgan fingerprint density at radius 1 is 1.43 bits per heavy atom. The molecule has 0 amide bonds. The molecule has 0 bridgehead atoms. The lowest BCUT2D eigenvalue weighted by molar-refractivity contribution is -0.384. The number of piperazine rings is 1. The highest BCUT2D eigenvalue weighted by molar-refractivity contribution is 5.91. The van der Waals surface area contributed by atoms with E-state index >= 15 is 0 Å². The van der Waals surface area contributed by atoms with E-state index in [2.05, 4.69) is 16.6 Å². The van der Waals surface area contributed by atoms with Gasteiger partial charge in [-0.3, -0.25) is 10.1 Å². The molecule has 1 aromatic rings. The number of hydrogen-bond donors (Lipinski definition) is 0. The number of benzene rings is 1. The first-order valence-electron chi connectivity index (χ1n) is 6.76. The Labute approximate surface area is 123 Å². The summed E-state index contributed by atoms with van der Waals surface area (Å²) < 4.78 is 4.68. The summed E-state index contributed by atoms with van der Waals surface area (Å²) in [5, 5.41) is 11.2. The molecule has 114 valence electrons. The summed E-state index contributed by atoms with van der Waals surface area (Å²) in [4.78, 5) is 26.6. The van der Waals surface area contributed by atoms with Gasteiger partial charge >= 0.3 is 5.97 Å². The van der Waals surface area contributed by atoms with E-state index in [1.54, 1.807) is 6.07 Å². The van der Waals surface area contributed by atoms with E-state index in [4.69, 9.17) is 0 Å². The van der Waals surface area contributed by atoms with Crippen LogP contribution in [0.15, 0.2) is 18.2 Å². The minimum atomic E-state index is -0.492. The van der Waals surface area contributed by atoms with Crippen molar-refractivity contribution in [2.75, 3.05) is 38.7 Å². The largest absolute Gasteiger partial charge is 0.465 e. The molecule has 1 fully saturated rings. The maximum absolute atomic E-state index is 11.6. The van der Waals surface area contributed by atoms with Gasteiger partial charge in [0.25, 0.3) is 5.69 Å². The molecule has 0 N–H and O–H groups in total. The maximum atomic E-state index is 11.6. The summed E-state index contributed by atoms with van der Waals surface area (Å²) in [7, 11) is 3.32. The number of carbonyl (C=O) groups is 1. The van der Waals surface area contributed by atoms with Crippen LogP contribution in [0.1, 0.15) is 17.3 Å². The molecule has 1 aromatic carbocycles. The smallest absolute Gasteiger partial charge is 0.337 e. The summed E-state index contributed by atoms with van der Waals surface area (Å²) >= 11 is 0. The van der Waals surface area contributed by atoms with Crippen LogP contribution in [0.2, 0.25) is 0 Å². The zero-order chi connectivity index (χ0) is 15.6. The Morgan fingerprint density at radius 2 is 2.14 bits per heavy atom. The highest BCUT2D eigenvalue weighted by Gasteiger charge is 2.27. The van der Waals surface area contributed by atoms with Gasteiger partial charge in [-0.25, -0.2) is 4.79 Å². The fourth-order valence-electron chi connectivity index (χ4n) is 2.44. The number of nitrogens with zero attached hydrogens (tertiary/aromatic N) is 3. The van der Waals surface area contributed by atoms with E-state index in [1.165, 1.54) is 19.2 Å². The van der Waals surface area contributed by atoms with Crippen molar-refractivity contribution in [2.45, 2.75) is 13.0 Å². The maximum Gasteiger partial charge on any atom is 0.337 e. The Bertz CT molecular complexity index is 561. The molecule has 1 unspecified atom stereocenters. The number of carbonyl (C=O) groups excluding carboxylic acids is 1. The Balaban J connectivity index is 2.39. The van der Waals surface area contributed by atoms with Gasteiger partial charge in [0.15, 0.2) is 0 Å². The molecular formula is C14H19N3O4. The van der Waals surface area contributed by atoms with Crippen LogP contribution in [0.3, 0.4) is 0 Å². The lowest BCUT2D eigenvalue weighted by atomic mass is 10.1. The number of nitro groups is 1. The van der Waals surface area contributed by atoms with Gasteiger partial charge in [0.05, 0.1) is 17.6 Å². The zero-order valence-electron chi connectivity index (χ0n) is 12.4. The van der Waals surface area contributed by atoms with Crippen LogP contribution in [-0.4, -0.2) is 55.6 Å². The summed E-state index contributed by atoms with van der Waals surface area (Å²) in [6, 6.07) is 4.62. The number of rotatable bonds is 3. The second-order valence-corrected chi connectivity index (χ2v) is 5.23. The van der Waals surface area contributed by atoms with Crippen LogP contribution in [0, 0.1) is 10.1 Å². The van der Waals surface area contributed by atoms with Gasteiger partial charge in [0.2, 0.25) is 0 Å². The zero-order valence-corrected chi connectivity index (χ0v) is 12.4. The third kappa shape index (κ3) is 3.13. The van der Waals surface area contributed by atoms with Crippen molar-refractivity contribution in [1.82, 2.24) is 4.90 Å². The molecule has 0 aromatic heterocycles. The van der Waals surface area contributed by atoms with Gasteiger partial charge in [-0.05, 0) is 26.1 Å². The van der Waals surface area contributed by atoms with Gasteiger partial charge in [0, 0.05) is 31.7 Å². The SMILES string of the molecule is COC(=O)c1ccc([N+](=O)[O-])c(N2CCN(C)C(C)C2)c1. The van der Waals surface area contributed by atoms with Crippen molar-refractivity contribution in [1.29, 1.82) is 0 Å². The fraction of sp³-hybridized carbons (Fsp3) is 0.500. The Kier molecular flexibility index (Phi) is 4.42. The summed E-state index contributed by atoms with van der Waals surface area (Å²) in [5.41, 5.74) is 0.812. The van der Waals surface area contributed by atoms with Crippen molar-refractivity contribution >= 4 is 17.3 Å². The summed E-state index contributed by atoms with van der Waals surface area (Å²) in [6.07, 6.45) is 0. The number of likely N-dealkylation sites (N-methyl/N-ethyl adjacent to an activating group) is 1. The van der Waals surface area contributed by atoms with Crippen molar-refractivity contribution in [3.05, 3.63) is 33.9 Å². The third-order valence-electron chi connectivity index (χ3n) is 3.89. The Hall–Kier alpha value is -2.15. The normalized spacial score (nSPS) is 19.4. The standard InChI is InChI=1S/C14H19N3O4/c1-10-9-16(7-6-15(10)2)13-8-11(14(18)21-3)4-5-12(13)17(19)20/h4-5,8,10H,6-7,9H2,1-3H3. The van der Waals surface area contributed by atoms with E-state index in [0.29, 0.717) is 30.4 Å². The monoisotopic (exact) mass is 293 g/mol. The van der Waals surface area contributed by atoms with Gasteiger partial charge < -0.3 is 14.5 Å². The molecule has 1 saturated heterocycles. The number of methoxy groups -OCH3 is 1. The van der Waals surface area contributed by atoms with Crippen molar-refractivity contribution in [3.63, 3.8) is 0 Å². The number of hydrogen-bond acceptors (Lipinski definition) is 6. The number of esters is 1. The van der Waals surface area contributed by atoms with E-state index in [-0.39, 0.29) is 5.69 Å². The molecule has 21 heavy (non-hydrogen) atoms. The molecule has 7 nitrogen and oxygen atoms in total. The van der Waals surface area contributed by atoms with E-state index in [9.17, 15) is 14.9 Å². The molecule has 0 spiro atoms. The minimum absolute atomic E-state index is 0.0133. The number of anilines is 1. The van der Waals surface area contributed by atoms with Gasteiger partial charge in [-0.1, -0.05) is 0 Å². The van der Waals surface area contributed by atoms with Crippen LogP contribution in [-0.2, 0) is 4.74 Å². The van der Waals surface area contributed by atoms with Gasteiger partial charge in [-0.2, -0.15) is 0 Å². The highest BCUT2D eigenvalue weighted by atomic mass is 16.6. The molecule has 0 aliphatic carbocycles. The lowest BCUT2D eigenvalue weighted by Crippen LogP contribution is -2.50. The van der Waals surface area contributed by atoms with Crippen LogP contribution < -0.4 is 4.90 Å². The topological polar surface area (TPSA) is 75.9 Å². The minimum Gasteiger partial charge on any atom is -0.465 e. The van der Waals surface area contributed by atoms with E-state index < -0.39 is 10.9 Å². The van der Waals surface area contributed by atoms with Crippen LogP contribution in [0.25, 0.3) is 0 Å². The van der Waals surface area contributed by atoms with E-state index in [0.717, 1.165) is 6.54 Å². The molecular weight excluding hydrogens is 274 g/mol. The molecule has 0 radical (unpaired) electrons. The predicted molar refractivity (Wildman–Crippen MR) is 78.7 cm³/mol. The first-order chi connectivity index (χ1) is 9.93. The molecule has 0 saturated carbocycles. The van der Waals surface area contributed by atoms with Crippen molar-refractivity contribution in [3.8, 4) is 0 Å². The van der Waals surface area contributed by atoms with Crippen LogP contribution >= 0.6 is 0 Å². The second kappa shape index (κ2) is 6.09. The second-order valence-electron chi connectivity index (χ2n) is 5.23. The molecule has 2 rings (SSSR count). The van der Waals surface area contributed by atoms with E-state index in [1.807, 2.05) is 11.9 Å². The molecule has 1 aliphatic rings. The summed E-state index contributed by atoms with van der Waals surface area (Å²) in [6.45, 7) is 4.26. The molecule has 7 heteroatoms. The average molecular weight is 293 g/mol. The molecule has 1 aliphatic heterocycles. The highest BCUT2D eigenvalue weighted by Crippen LogP contribution is 2.31. The quantitative estimate of drug-likeness (QED) is 0.478. The predicted octanol–water partition coefficient (Wildman–Crippen LogP) is 1.52. The van der Waals surface area contributed by atoms with Gasteiger partial charge in [-0.15, -0.1) is 0 Å². The van der Waals surface area contributed by atoms with Crippen molar-refractivity contribution in [2.24, 2.45) is 0 Å². The lowest BCUT2D eigenvalue weighted by Gasteiger charge is -2.38. The first-order valence-corrected chi connectivity index (χ1v) is 6.76. The van der Waals surface area contributed by atoms with Gasteiger partial charge in [0.1, 0.15) is 5.69 Å². The molecule has 1 heterocycles. The summed E-state index contributed by atoms with van der Waals surface area (Å²) in [5.74, 6) is -0.492. The Morgan fingerprint density at radius 3 is 2.71 bits per heavy atom. The van der Waals surface area contributed by atoms with Crippen LogP contribution in [0.4, 0.5) is 11.4 Å². The average Bonchev–Trinajstić information content (AvgIpc) is 2.48. The first kappa shape index (κ1) is 15.2. The number of nitro benzene ring substituents is 1. The fourth-order valence-corrected chi connectivity index (χ4v) is 2.44. The molecule has 1 atom stereocenters. The third-order valence-corrected chi connectivity index (χ3v) is 3.89. The van der Waals surface area contributed by atoms with Crippen molar-refractivity contribution < 1.29 is 14.5 Å². The van der Waals surface area contributed by atoms with Crippen LogP contribution in [0.5, 0.6) is 0 Å².